The molecule has 1 fully saturated rings. The smallest absolute Gasteiger partial charge is 0.0434 e. The van der Waals surface area contributed by atoms with Crippen molar-refractivity contribution in [3.05, 3.63) is 53.9 Å². The van der Waals surface area contributed by atoms with Gasteiger partial charge in [0.25, 0.3) is 0 Å². The van der Waals surface area contributed by atoms with Crippen molar-refractivity contribution in [1.82, 2.24) is 4.98 Å². The molecule has 1 aliphatic carbocycles. The number of rotatable bonds is 16. The van der Waals surface area contributed by atoms with Gasteiger partial charge >= 0.3 is 0 Å². The van der Waals surface area contributed by atoms with Gasteiger partial charge in [-0.25, -0.2) is 0 Å². The Balaban J connectivity index is 1.37. The van der Waals surface area contributed by atoms with Gasteiger partial charge in [-0.3, -0.25) is 4.98 Å². The largest absolute Gasteiger partial charge is 0.260 e. The van der Waals surface area contributed by atoms with Gasteiger partial charge in [0.2, 0.25) is 0 Å². The summed E-state index contributed by atoms with van der Waals surface area (Å²) in [4.78, 5) is 4.92. The van der Waals surface area contributed by atoms with Gasteiger partial charge in [0.05, 0.1) is 0 Å². The van der Waals surface area contributed by atoms with E-state index in [1.54, 1.807) is 0 Å². The predicted molar refractivity (Wildman–Crippen MR) is 149 cm³/mol. The van der Waals surface area contributed by atoms with Gasteiger partial charge in [0.1, 0.15) is 0 Å². The van der Waals surface area contributed by atoms with Crippen LogP contribution in [0.4, 0.5) is 0 Å². The van der Waals surface area contributed by atoms with E-state index < -0.39 is 0 Å². The van der Waals surface area contributed by atoms with Crippen molar-refractivity contribution in [1.29, 1.82) is 0 Å². The summed E-state index contributed by atoms with van der Waals surface area (Å²) in [6.07, 6.45) is 27.0. The van der Waals surface area contributed by atoms with Crippen LogP contribution in [0.5, 0.6) is 0 Å². The van der Waals surface area contributed by atoms with E-state index in [0.29, 0.717) is 5.92 Å². The molecule has 34 heavy (non-hydrogen) atoms. The Morgan fingerprint density at radius 1 is 0.618 bits per heavy atom. The molecule has 1 heteroatoms. The Hall–Kier alpha value is -1.63. The fourth-order valence-corrected chi connectivity index (χ4v) is 5.75. The average molecular weight is 462 g/mol. The third kappa shape index (κ3) is 9.55. The van der Waals surface area contributed by atoms with Crippen molar-refractivity contribution in [2.24, 2.45) is 5.92 Å². The van der Waals surface area contributed by atoms with Crippen LogP contribution < -0.4 is 0 Å². The second-order valence-electron chi connectivity index (χ2n) is 11.0. The molecule has 3 rings (SSSR count). The summed E-state index contributed by atoms with van der Waals surface area (Å²) >= 11 is 0. The Kier molecular flexibility index (Phi) is 12.8. The summed E-state index contributed by atoms with van der Waals surface area (Å²) < 4.78 is 0. The molecule has 0 saturated heterocycles. The monoisotopic (exact) mass is 461 g/mol. The lowest BCUT2D eigenvalue weighted by atomic mass is 9.78. The van der Waals surface area contributed by atoms with E-state index in [2.05, 4.69) is 56.4 Å². The van der Waals surface area contributed by atoms with E-state index in [4.69, 9.17) is 4.98 Å². The molecule has 1 aliphatic rings. The molecular formula is C33H51N. The molecule has 1 saturated carbocycles. The summed E-state index contributed by atoms with van der Waals surface area (Å²) in [5, 5.41) is 0. The molecule has 0 atom stereocenters. The topological polar surface area (TPSA) is 12.9 Å². The minimum atomic E-state index is 0.676. The highest BCUT2D eigenvalue weighted by Crippen LogP contribution is 2.37. The van der Waals surface area contributed by atoms with Gasteiger partial charge in [0, 0.05) is 23.4 Å². The van der Waals surface area contributed by atoms with Gasteiger partial charge in [-0.05, 0) is 61.6 Å². The third-order valence-electron chi connectivity index (χ3n) is 8.12. The summed E-state index contributed by atoms with van der Waals surface area (Å²) in [7, 11) is 0. The molecule has 0 aliphatic heterocycles. The lowest BCUT2D eigenvalue weighted by Crippen LogP contribution is -2.14. The van der Waals surface area contributed by atoms with Crippen LogP contribution in [0.1, 0.15) is 140 Å². The van der Waals surface area contributed by atoms with Crippen LogP contribution >= 0.6 is 0 Å². The van der Waals surface area contributed by atoms with Crippen LogP contribution in [-0.4, -0.2) is 4.98 Å². The lowest BCUT2D eigenvalue weighted by Gasteiger charge is -2.28. The zero-order valence-corrected chi connectivity index (χ0v) is 22.4. The molecule has 188 valence electrons. The maximum absolute atomic E-state index is 4.92. The van der Waals surface area contributed by atoms with E-state index in [9.17, 15) is 0 Å². The summed E-state index contributed by atoms with van der Waals surface area (Å²) in [6, 6.07) is 13.8. The Bertz CT molecular complexity index is 752. The van der Waals surface area contributed by atoms with Crippen molar-refractivity contribution >= 4 is 0 Å². The standard InChI is InChI=1S/C33H51N/c1-3-5-7-9-11-13-15-28-17-21-30(22-18-28)32-25-26-33(34-27-32)31-23-19-29(20-24-31)16-14-12-10-8-6-4-2/h17-18,21-22,25-27,29,31H,3-16,19-20,23-24H2,1-2H3. The van der Waals surface area contributed by atoms with E-state index in [1.165, 1.54) is 138 Å². The Labute approximate surface area is 211 Å². The molecule has 1 aromatic heterocycles. The SMILES string of the molecule is CCCCCCCCc1ccc(-c2ccc(C3CCC(CCCCCCCC)CC3)nc2)cc1. The van der Waals surface area contributed by atoms with Gasteiger partial charge < -0.3 is 0 Å². The molecule has 0 amide bonds. The van der Waals surface area contributed by atoms with E-state index >= 15 is 0 Å². The molecule has 0 radical (unpaired) electrons. The maximum atomic E-state index is 4.92. The van der Waals surface area contributed by atoms with Gasteiger partial charge in [-0.1, -0.05) is 121 Å². The second kappa shape index (κ2) is 16.1. The van der Waals surface area contributed by atoms with Crippen molar-refractivity contribution in [2.45, 2.75) is 135 Å². The number of unbranched alkanes of at least 4 members (excludes halogenated alkanes) is 10. The lowest BCUT2D eigenvalue weighted by molar-refractivity contribution is 0.299. The number of benzene rings is 1. The van der Waals surface area contributed by atoms with E-state index in [1.807, 2.05) is 0 Å². The van der Waals surface area contributed by atoms with Crippen molar-refractivity contribution in [3.8, 4) is 11.1 Å². The molecule has 1 heterocycles. The van der Waals surface area contributed by atoms with Gasteiger partial charge in [-0.15, -0.1) is 0 Å². The molecular weight excluding hydrogens is 410 g/mol. The van der Waals surface area contributed by atoms with Crippen LogP contribution in [-0.2, 0) is 6.42 Å². The summed E-state index contributed by atoms with van der Waals surface area (Å²) in [5.74, 6) is 1.64. The second-order valence-corrected chi connectivity index (χ2v) is 11.0. The molecule has 0 unspecified atom stereocenters. The number of aryl methyl sites for hydroxylation is 1. The molecule has 0 bridgehead atoms. The highest BCUT2D eigenvalue weighted by molar-refractivity contribution is 5.62. The predicted octanol–water partition coefficient (Wildman–Crippen LogP) is 10.7. The van der Waals surface area contributed by atoms with E-state index in [0.717, 1.165) is 5.92 Å². The fraction of sp³-hybridized carbons (Fsp3) is 0.667. The Morgan fingerprint density at radius 3 is 1.82 bits per heavy atom. The van der Waals surface area contributed by atoms with Crippen LogP contribution in [0.25, 0.3) is 11.1 Å². The summed E-state index contributed by atoms with van der Waals surface area (Å²) in [5.41, 5.74) is 5.35. The van der Waals surface area contributed by atoms with Gasteiger partial charge in [0.15, 0.2) is 0 Å². The molecule has 0 spiro atoms. The van der Waals surface area contributed by atoms with E-state index in [-0.39, 0.29) is 0 Å². The highest BCUT2D eigenvalue weighted by Gasteiger charge is 2.22. The molecule has 0 N–H and O–H groups in total. The maximum Gasteiger partial charge on any atom is 0.0434 e. The quantitative estimate of drug-likeness (QED) is 0.226. The zero-order chi connectivity index (χ0) is 23.8. The first kappa shape index (κ1) is 27.0. The third-order valence-corrected chi connectivity index (χ3v) is 8.12. The average Bonchev–Trinajstić information content (AvgIpc) is 2.89. The minimum Gasteiger partial charge on any atom is -0.260 e. The number of hydrogen-bond donors (Lipinski definition) is 0. The first-order valence-electron chi connectivity index (χ1n) is 14.9. The number of hydrogen-bond acceptors (Lipinski definition) is 1. The molecule has 1 nitrogen and oxygen atoms in total. The summed E-state index contributed by atoms with van der Waals surface area (Å²) in [6.45, 7) is 4.59. The van der Waals surface area contributed by atoms with Crippen LogP contribution in [0, 0.1) is 5.92 Å². The first-order valence-corrected chi connectivity index (χ1v) is 14.9. The number of aromatic nitrogens is 1. The van der Waals surface area contributed by atoms with Crippen LogP contribution in [0.3, 0.4) is 0 Å². The first-order chi connectivity index (χ1) is 16.8. The van der Waals surface area contributed by atoms with Crippen molar-refractivity contribution in [2.75, 3.05) is 0 Å². The molecule has 1 aromatic carbocycles. The zero-order valence-electron chi connectivity index (χ0n) is 22.4. The van der Waals surface area contributed by atoms with Crippen LogP contribution in [0.15, 0.2) is 42.6 Å². The number of pyridine rings is 1. The van der Waals surface area contributed by atoms with Gasteiger partial charge in [-0.2, -0.15) is 0 Å². The Morgan fingerprint density at radius 2 is 1.21 bits per heavy atom. The van der Waals surface area contributed by atoms with Crippen molar-refractivity contribution < 1.29 is 0 Å². The fourth-order valence-electron chi connectivity index (χ4n) is 5.75. The van der Waals surface area contributed by atoms with Crippen LogP contribution in [0.2, 0.25) is 0 Å². The molecule has 2 aromatic rings. The van der Waals surface area contributed by atoms with Crippen molar-refractivity contribution in [3.63, 3.8) is 0 Å². The number of nitrogens with zero attached hydrogens (tertiary/aromatic N) is 1. The minimum absolute atomic E-state index is 0.676. The highest BCUT2D eigenvalue weighted by atomic mass is 14.7. The normalized spacial score (nSPS) is 18.3.